The summed E-state index contributed by atoms with van der Waals surface area (Å²) >= 11 is 0. The van der Waals surface area contributed by atoms with E-state index in [0.29, 0.717) is 18.0 Å². The number of primary amides is 1. The van der Waals surface area contributed by atoms with E-state index in [1.54, 1.807) is 37.0 Å². The molecule has 2 heterocycles. The Morgan fingerprint density at radius 1 is 1.45 bits per heavy atom. The van der Waals surface area contributed by atoms with Crippen LogP contribution in [0.25, 0.3) is 0 Å². The third-order valence-corrected chi connectivity index (χ3v) is 2.62. The molecule has 0 radical (unpaired) electrons. The number of amides is 1. The van der Waals surface area contributed by atoms with Gasteiger partial charge in [0.15, 0.2) is 5.75 Å². The summed E-state index contributed by atoms with van der Waals surface area (Å²) in [5.74, 6) is 0.290. The molecule has 2 aromatic rings. The monoisotopic (exact) mass is 276 g/mol. The Labute approximate surface area is 116 Å². The lowest BCUT2D eigenvalue weighted by molar-refractivity contribution is 0.0738. The van der Waals surface area contributed by atoms with E-state index >= 15 is 0 Å². The number of nitrogens with zero attached hydrogens (tertiary/aromatic N) is 3. The van der Waals surface area contributed by atoms with Gasteiger partial charge in [-0.05, 0) is 25.5 Å². The fourth-order valence-corrected chi connectivity index (χ4v) is 1.67. The Bertz CT molecular complexity index is 599. The first-order chi connectivity index (χ1) is 9.34. The van der Waals surface area contributed by atoms with Crippen LogP contribution in [-0.4, -0.2) is 26.0 Å². The fourth-order valence-electron chi connectivity index (χ4n) is 1.67. The molecule has 0 atom stereocenters. The van der Waals surface area contributed by atoms with Crippen LogP contribution < -0.4 is 10.5 Å². The van der Waals surface area contributed by atoms with Crippen molar-refractivity contribution in [2.45, 2.75) is 26.0 Å². The first-order valence-corrected chi connectivity index (χ1v) is 6.02. The summed E-state index contributed by atoms with van der Waals surface area (Å²) in [4.78, 5) is 14.8. The molecule has 20 heavy (non-hydrogen) atoms. The number of pyridine rings is 1. The average Bonchev–Trinajstić information content (AvgIpc) is 2.75. The van der Waals surface area contributed by atoms with Crippen LogP contribution in [-0.2, 0) is 12.1 Å². The van der Waals surface area contributed by atoms with E-state index in [2.05, 4.69) is 10.1 Å². The van der Waals surface area contributed by atoms with Crippen molar-refractivity contribution in [2.75, 3.05) is 0 Å². The molecule has 2 rings (SSSR count). The molecule has 0 bridgehead atoms. The third kappa shape index (κ3) is 3.55. The zero-order valence-corrected chi connectivity index (χ0v) is 11.3. The molecule has 2 aromatic heterocycles. The van der Waals surface area contributed by atoms with Gasteiger partial charge in [0.05, 0.1) is 24.6 Å². The number of hydrogen-bond donors (Lipinski definition) is 2. The second kappa shape index (κ2) is 5.30. The molecule has 0 aliphatic heterocycles. The highest BCUT2D eigenvalue weighted by atomic mass is 16.5. The molecule has 0 unspecified atom stereocenters. The Kier molecular flexibility index (Phi) is 3.71. The van der Waals surface area contributed by atoms with Gasteiger partial charge in [0.2, 0.25) is 0 Å². The predicted molar refractivity (Wildman–Crippen MR) is 71.0 cm³/mol. The van der Waals surface area contributed by atoms with E-state index in [1.165, 1.54) is 6.20 Å². The summed E-state index contributed by atoms with van der Waals surface area (Å²) in [5.41, 5.74) is 5.45. The summed E-state index contributed by atoms with van der Waals surface area (Å²) in [7, 11) is 0. The number of hydrogen-bond acceptors (Lipinski definition) is 5. The van der Waals surface area contributed by atoms with Crippen LogP contribution in [0.15, 0.2) is 30.7 Å². The van der Waals surface area contributed by atoms with Crippen molar-refractivity contribution in [3.63, 3.8) is 0 Å². The maximum atomic E-state index is 10.6. The highest BCUT2D eigenvalue weighted by molar-refractivity contribution is 5.67. The van der Waals surface area contributed by atoms with Crippen molar-refractivity contribution in [1.82, 2.24) is 14.8 Å². The van der Waals surface area contributed by atoms with Gasteiger partial charge in [0.25, 0.3) is 0 Å². The number of aliphatic hydroxyl groups is 1. The molecule has 0 aliphatic rings. The highest BCUT2D eigenvalue weighted by Gasteiger charge is 2.17. The Hall–Kier alpha value is -2.41. The first kappa shape index (κ1) is 14.0. The topological polar surface area (TPSA) is 103 Å². The molecule has 7 nitrogen and oxygen atoms in total. The van der Waals surface area contributed by atoms with Crippen LogP contribution in [0.2, 0.25) is 0 Å². The number of rotatable bonds is 4. The average molecular weight is 276 g/mol. The first-order valence-electron chi connectivity index (χ1n) is 6.02. The lowest BCUT2D eigenvalue weighted by Crippen LogP contribution is -2.17. The van der Waals surface area contributed by atoms with Gasteiger partial charge in [0, 0.05) is 6.20 Å². The lowest BCUT2D eigenvalue weighted by Gasteiger charge is -2.16. The van der Waals surface area contributed by atoms with Crippen LogP contribution >= 0.6 is 0 Å². The smallest absolute Gasteiger partial charge is 0.407 e. The van der Waals surface area contributed by atoms with E-state index in [9.17, 15) is 9.90 Å². The largest absolute Gasteiger partial charge is 0.410 e. The standard InChI is InChI=1S/C13H16N4O3/c1-13(2,19)11-4-3-9(5-15-11)7-17-8-10(6-16-17)20-12(14)18/h3-6,8,19H,7H2,1-2H3,(H2,14,18). The Balaban J connectivity index is 2.06. The van der Waals surface area contributed by atoms with Crippen molar-refractivity contribution < 1.29 is 14.6 Å². The molecule has 0 spiro atoms. The zero-order valence-electron chi connectivity index (χ0n) is 11.3. The predicted octanol–water partition coefficient (Wildman–Crippen LogP) is 1.01. The Morgan fingerprint density at radius 3 is 2.75 bits per heavy atom. The Morgan fingerprint density at radius 2 is 2.20 bits per heavy atom. The van der Waals surface area contributed by atoms with Crippen LogP contribution in [0.5, 0.6) is 5.75 Å². The molecular formula is C13H16N4O3. The SMILES string of the molecule is CC(C)(O)c1ccc(Cn2cc(OC(N)=O)cn2)cn1. The molecule has 3 N–H and O–H groups in total. The van der Waals surface area contributed by atoms with E-state index < -0.39 is 11.7 Å². The van der Waals surface area contributed by atoms with Crippen molar-refractivity contribution in [3.05, 3.63) is 42.0 Å². The van der Waals surface area contributed by atoms with Crippen molar-refractivity contribution in [3.8, 4) is 5.75 Å². The van der Waals surface area contributed by atoms with E-state index in [0.717, 1.165) is 5.56 Å². The van der Waals surface area contributed by atoms with Gasteiger partial charge in [-0.25, -0.2) is 4.79 Å². The summed E-state index contributed by atoms with van der Waals surface area (Å²) in [5, 5.41) is 13.9. The number of nitrogens with two attached hydrogens (primary N) is 1. The minimum atomic E-state index is -0.966. The number of carbonyl (C=O) groups is 1. The van der Waals surface area contributed by atoms with Crippen molar-refractivity contribution >= 4 is 6.09 Å². The number of aromatic nitrogens is 3. The van der Waals surface area contributed by atoms with Crippen molar-refractivity contribution in [2.24, 2.45) is 5.73 Å². The minimum absolute atomic E-state index is 0.290. The molecule has 0 aromatic carbocycles. The molecule has 1 amide bonds. The summed E-state index contributed by atoms with van der Waals surface area (Å²) in [6.45, 7) is 3.83. The molecule has 0 saturated heterocycles. The number of carbonyl (C=O) groups excluding carboxylic acids is 1. The van der Waals surface area contributed by atoms with Gasteiger partial charge in [0.1, 0.15) is 5.60 Å². The second-order valence-electron chi connectivity index (χ2n) is 4.91. The summed E-state index contributed by atoms with van der Waals surface area (Å²) < 4.78 is 6.30. The zero-order chi connectivity index (χ0) is 14.8. The van der Waals surface area contributed by atoms with Gasteiger partial charge in [-0.3, -0.25) is 9.67 Å². The maximum Gasteiger partial charge on any atom is 0.410 e. The summed E-state index contributed by atoms with van der Waals surface area (Å²) in [6, 6.07) is 3.62. The molecule has 7 heteroatoms. The highest BCUT2D eigenvalue weighted by Crippen LogP contribution is 2.17. The van der Waals surface area contributed by atoms with Crippen LogP contribution in [0.1, 0.15) is 25.1 Å². The minimum Gasteiger partial charge on any atom is -0.407 e. The lowest BCUT2D eigenvalue weighted by atomic mass is 10.0. The van der Waals surface area contributed by atoms with Gasteiger partial charge in [-0.1, -0.05) is 6.07 Å². The summed E-state index contributed by atoms with van der Waals surface area (Å²) in [6.07, 6.45) is 3.77. The molecular weight excluding hydrogens is 260 g/mol. The molecule has 0 aliphatic carbocycles. The van der Waals surface area contributed by atoms with E-state index in [-0.39, 0.29) is 0 Å². The van der Waals surface area contributed by atoms with Crippen LogP contribution in [0, 0.1) is 0 Å². The van der Waals surface area contributed by atoms with Gasteiger partial charge in [-0.2, -0.15) is 5.10 Å². The van der Waals surface area contributed by atoms with Crippen LogP contribution in [0.4, 0.5) is 4.79 Å². The van der Waals surface area contributed by atoms with Gasteiger partial charge in [-0.15, -0.1) is 0 Å². The molecule has 106 valence electrons. The van der Waals surface area contributed by atoms with Gasteiger partial charge < -0.3 is 15.6 Å². The third-order valence-electron chi connectivity index (χ3n) is 2.62. The normalized spacial score (nSPS) is 11.3. The number of ether oxygens (including phenoxy) is 1. The van der Waals surface area contributed by atoms with Crippen LogP contribution in [0.3, 0.4) is 0 Å². The second-order valence-corrected chi connectivity index (χ2v) is 4.91. The molecule has 0 fully saturated rings. The maximum absolute atomic E-state index is 10.6. The fraction of sp³-hybridized carbons (Fsp3) is 0.308. The van der Waals surface area contributed by atoms with E-state index in [4.69, 9.17) is 10.5 Å². The van der Waals surface area contributed by atoms with E-state index in [1.807, 2.05) is 6.07 Å². The van der Waals surface area contributed by atoms with Gasteiger partial charge >= 0.3 is 6.09 Å². The molecule has 0 saturated carbocycles. The quantitative estimate of drug-likeness (QED) is 0.867. The van der Waals surface area contributed by atoms with Crippen molar-refractivity contribution in [1.29, 1.82) is 0 Å².